The summed E-state index contributed by atoms with van der Waals surface area (Å²) in [5.41, 5.74) is 0.240. The standard InChI is InChI=1S/C8H10N2O2/c1-8(2)5-10-7(12-8)3-6(4-11)9-10/h3-4H,5H2,1-2H3. The average Bonchev–Trinajstić information content (AvgIpc) is 2.40. The molecule has 0 unspecified atom stereocenters. The molecule has 0 amide bonds. The maximum absolute atomic E-state index is 10.3. The largest absolute Gasteiger partial charge is 0.470 e. The van der Waals surface area contributed by atoms with Gasteiger partial charge < -0.3 is 4.74 Å². The summed E-state index contributed by atoms with van der Waals surface area (Å²) in [6, 6.07) is 1.65. The van der Waals surface area contributed by atoms with E-state index in [0.29, 0.717) is 18.1 Å². The molecule has 1 aliphatic heterocycles. The highest BCUT2D eigenvalue weighted by Gasteiger charge is 2.31. The molecule has 0 spiro atoms. The number of hydrogen-bond acceptors (Lipinski definition) is 3. The molecule has 1 aromatic rings. The van der Waals surface area contributed by atoms with Crippen molar-refractivity contribution in [3.05, 3.63) is 11.8 Å². The molecule has 1 aromatic heterocycles. The Balaban J connectivity index is 2.35. The van der Waals surface area contributed by atoms with Gasteiger partial charge in [0.05, 0.1) is 6.54 Å². The molecule has 64 valence electrons. The van der Waals surface area contributed by atoms with E-state index in [2.05, 4.69) is 5.10 Å². The summed E-state index contributed by atoms with van der Waals surface area (Å²) in [5, 5.41) is 4.03. The van der Waals surface area contributed by atoms with Crippen LogP contribution in [0.15, 0.2) is 6.07 Å². The highest BCUT2D eigenvalue weighted by Crippen LogP contribution is 2.28. The van der Waals surface area contributed by atoms with E-state index >= 15 is 0 Å². The smallest absolute Gasteiger partial charge is 0.213 e. The Morgan fingerprint density at radius 1 is 1.75 bits per heavy atom. The number of aldehydes is 1. The van der Waals surface area contributed by atoms with Gasteiger partial charge in [0.25, 0.3) is 0 Å². The van der Waals surface area contributed by atoms with E-state index in [-0.39, 0.29) is 5.60 Å². The van der Waals surface area contributed by atoms with Gasteiger partial charge in [0, 0.05) is 6.07 Å². The van der Waals surface area contributed by atoms with Gasteiger partial charge in [0.1, 0.15) is 11.3 Å². The molecule has 0 fully saturated rings. The zero-order valence-corrected chi connectivity index (χ0v) is 7.07. The van der Waals surface area contributed by atoms with Gasteiger partial charge >= 0.3 is 0 Å². The fourth-order valence-electron chi connectivity index (χ4n) is 1.35. The molecule has 4 nitrogen and oxygen atoms in total. The second-order valence-electron chi connectivity index (χ2n) is 3.54. The van der Waals surface area contributed by atoms with Gasteiger partial charge in [-0.25, -0.2) is 4.68 Å². The van der Waals surface area contributed by atoms with E-state index in [1.54, 1.807) is 10.7 Å². The van der Waals surface area contributed by atoms with Crippen LogP contribution in [0, 0.1) is 0 Å². The lowest BCUT2D eigenvalue weighted by Gasteiger charge is -2.15. The summed E-state index contributed by atoms with van der Waals surface area (Å²) < 4.78 is 7.23. The number of fused-ring (bicyclic) bond motifs is 1. The van der Waals surface area contributed by atoms with Gasteiger partial charge in [-0.3, -0.25) is 4.79 Å². The van der Waals surface area contributed by atoms with Crippen LogP contribution < -0.4 is 4.74 Å². The number of aromatic nitrogens is 2. The van der Waals surface area contributed by atoms with Crippen molar-refractivity contribution in [1.29, 1.82) is 0 Å². The van der Waals surface area contributed by atoms with Crippen LogP contribution in [0.2, 0.25) is 0 Å². The Morgan fingerprint density at radius 2 is 2.50 bits per heavy atom. The summed E-state index contributed by atoms with van der Waals surface area (Å²) in [7, 11) is 0. The molecule has 2 rings (SSSR count). The van der Waals surface area contributed by atoms with Gasteiger partial charge in [0.15, 0.2) is 6.29 Å². The second kappa shape index (κ2) is 2.09. The van der Waals surface area contributed by atoms with Crippen molar-refractivity contribution in [2.75, 3.05) is 0 Å². The van der Waals surface area contributed by atoms with Crippen molar-refractivity contribution >= 4 is 6.29 Å². The Hall–Kier alpha value is -1.32. The van der Waals surface area contributed by atoms with Gasteiger partial charge in [-0.1, -0.05) is 0 Å². The molecular formula is C8H10N2O2. The monoisotopic (exact) mass is 166 g/mol. The van der Waals surface area contributed by atoms with Crippen molar-refractivity contribution < 1.29 is 9.53 Å². The zero-order valence-electron chi connectivity index (χ0n) is 7.07. The SMILES string of the molecule is CC1(C)Cn2nc(C=O)cc2O1. The Kier molecular flexibility index (Phi) is 1.28. The van der Waals surface area contributed by atoms with Crippen molar-refractivity contribution in [1.82, 2.24) is 9.78 Å². The summed E-state index contributed by atoms with van der Waals surface area (Å²) in [5.74, 6) is 0.683. The second-order valence-corrected chi connectivity index (χ2v) is 3.54. The van der Waals surface area contributed by atoms with E-state index in [9.17, 15) is 4.79 Å². The van der Waals surface area contributed by atoms with Crippen LogP contribution in [-0.4, -0.2) is 21.7 Å². The molecule has 1 aliphatic rings. The van der Waals surface area contributed by atoms with Crippen molar-refractivity contribution in [3.63, 3.8) is 0 Å². The van der Waals surface area contributed by atoms with Gasteiger partial charge in [-0.2, -0.15) is 5.10 Å². The normalized spacial score (nSPS) is 18.5. The summed E-state index contributed by atoms with van der Waals surface area (Å²) in [4.78, 5) is 10.3. The van der Waals surface area contributed by atoms with Crippen LogP contribution >= 0.6 is 0 Å². The predicted molar refractivity (Wildman–Crippen MR) is 42.3 cm³/mol. The minimum Gasteiger partial charge on any atom is -0.470 e. The maximum Gasteiger partial charge on any atom is 0.213 e. The van der Waals surface area contributed by atoms with Gasteiger partial charge in [0.2, 0.25) is 5.88 Å². The van der Waals surface area contributed by atoms with Crippen LogP contribution in [0.5, 0.6) is 5.88 Å². The summed E-state index contributed by atoms with van der Waals surface area (Å²) >= 11 is 0. The van der Waals surface area contributed by atoms with Crippen LogP contribution in [-0.2, 0) is 6.54 Å². The van der Waals surface area contributed by atoms with E-state index < -0.39 is 0 Å². The number of ether oxygens (including phenoxy) is 1. The van der Waals surface area contributed by atoms with Crippen LogP contribution in [0.3, 0.4) is 0 Å². The molecular weight excluding hydrogens is 156 g/mol. The molecule has 12 heavy (non-hydrogen) atoms. The summed E-state index contributed by atoms with van der Waals surface area (Å²) in [6.07, 6.45) is 0.724. The molecule has 0 aliphatic carbocycles. The first kappa shape index (κ1) is 7.34. The predicted octanol–water partition coefficient (Wildman–Crippen LogP) is 0.867. The molecule has 0 radical (unpaired) electrons. The van der Waals surface area contributed by atoms with Crippen LogP contribution in [0.1, 0.15) is 24.3 Å². The fourth-order valence-corrected chi connectivity index (χ4v) is 1.35. The molecule has 2 heterocycles. The number of carbonyl (C=O) groups excluding carboxylic acids is 1. The lowest BCUT2D eigenvalue weighted by Crippen LogP contribution is -2.26. The molecule has 0 aromatic carbocycles. The van der Waals surface area contributed by atoms with Gasteiger partial charge in [-0.05, 0) is 13.8 Å². The van der Waals surface area contributed by atoms with Crippen molar-refractivity contribution in [2.24, 2.45) is 0 Å². The minimum absolute atomic E-state index is 0.191. The van der Waals surface area contributed by atoms with Crippen LogP contribution in [0.25, 0.3) is 0 Å². The molecule has 0 N–H and O–H groups in total. The molecule has 0 bridgehead atoms. The third-order valence-corrected chi connectivity index (χ3v) is 1.79. The number of carbonyl (C=O) groups is 1. The maximum atomic E-state index is 10.3. The Bertz CT molecular complexity index is 302. The van der Waals surface area contributed by atoms with Crippen molar-refractivity contribution in [3.8, 4) is 5.88 Å². The first-order valence-corrected chi connectivity index (χ1v) is 3.83. The number of rotatable bonds is 1. The molecule has 0 saturated carbocycles. The number of hydrogen-bond donors (Lipinski definition) is 0. The fraction of sp³-hybridized carbons (Fsp3) is 0.500. The first-order valence-electron chi connectivity index (χ1n) is 3.83. The Labute approximate surface area is 70.1 Å². The van der Waals surface area contributed by atoms with Crippen LogP contribution in [0.4, 0.5) is 0 Å². The molecule has 0 atom stereocenters. The topological polar surface area (TPSA) is 44.1 Å². The highest BCUT2D eigenvalue weighted by molar-refractivity contribution is 5.72. The van der Waals surface area contributed by atoms with Crippen molar-refractivity contribution in [2.45, 2.75) is 26.0 Å². The number of nitrogens with zero attached hydrogens (tertiary/aromatic N) is 2. The van der Waals surface area contributed by atoms with E-state index in [1.165, 1.54) is 0 Å². The van der Waals surface area contributed by atoms with E-state index in [4.69, 9.17) is 4.74 Å². The Morgan fingerprint density at radius 3 is 3.08 bits per heavy atom. The third-order valence-electron chi connectivity index (χ3n) is 1.79. The van der Waals surface area contributed by atoms with E-state index in [1.807, 2.05) is 13.8 Å². The average molecular weight is 166 g/mol. The lowest BCUT2D eigenvalue weighted by atomic mass is 10.1. The first-order chi connectivity index (χ1) is 5.61. The zero-order chi connectivity index (χ0) is 8.77. The quantitative estimate of drug-likeness (QED) is 0.581. The lowest BCUT2D eigenvalue weighted by molar-refractivity contribution is 0.111. The molecule has 0 saturated heterocycles. The highest BCUT2D eigenvalue weighted by atomic mass is 16.5. The third kappa shape index (κ3) is 0.995. The minimum atomic E-state index is -0.191. The molecule has 4 heteroatoms. The summed E-state index contributed by atoms with van der Waals surface area (Å²) in [6.45, 7) is 4.68. The van der Waals surface area contributed by atoms with E-state index in [0.717, 1.165) is 6.29 Å². The van der Waals surface area contributed by atoms with Gasteiger partial charge in [-0.15, -0.1) is 0 Å².